The van der Waals surface area contributed by atoms with Crippen LogP contribution in [0.15, 0.2) is 24.5 Å². The summed E-state index contributed by atoms with van der Waals surface area (Å²) in [4.78, 5) is 7.21. The van der Waals surface area contributed by atoms with Gasteiger partial charge in [0.2, 0.25) is 0 Å². The Morgan fingerprint density at radius 1 is 1.46 bits per heavy atom. The topological polar surface area (TPSA) is 28.7 Å². The maximum absolute atomic E-state index is 4.17. The van der Waals surface area contributed by atoms with E-state index in [9.17, 15) is 0 Å². The second-order valence-electron chi connectivity index (χ2n) is 2.56. The van der Waals surface area contributed by atoms with E-state index in [0.29, 0.717) is 5.75 Å². The minimum atomic E-state index is 0.578. The fourth-order valence-electron chi connectivity index (χ4n) is 1.20. The Labute approximate surface area is 81.8 Å². The zero-order chi connectivity index (χ0) is 9.10. The number of hydrogen-bond acceptors (Lipinski definition) is 2. The van der Waals surface area contributed by atoms with Gasteiger partial charge < -0.3 is 4.98 Å². The Kier molecular flexibility index (Phi) is 2.24. The number of fused-ring (bicyclic) bond motifs is 1. The van der Waals surface area contributed by atoms with Gasteiger partial charge in [-0.15, -0.1) is 0 Å². The first-order valence-corrected chi connectivity index (χ1v) is 4.57. The van der Waals surface area contributed by atoms with E-state index in [2.05, 4.69) is 34.4 Å². The molecule has 0 aliphatic heterocycles. The molecule has 0 aromatic carbocycles. The highest BCUT2D eigenvalue weighted by atomic mass is 32.1. The van der Waals surface area contributed by atoms with E-state index < -0.39 is 0 Å². The van der Waals surface area contributed by atoms with Gasteiger partial charge in [-0.05, 0) is 12.1 Å². The van der Waals surface area contributed by atoms with Gasteiger partial charge in [-0.3, -0.25) is 0 Å². The Morgan fingerprint density at radius 3 is 3.23 bits per heavy atom. The SMILES string of the molecule is SCC#Cc1ccnc2[nH]ccc12. The summed E-state index contributed by atoms with van der Waals surface area (Å²) in [6.45, 7) is 0. The van der Waals surface area contributed by atoms with Gasteiger partial charge in [0.25, 0.3) is 0 Å². The zero-order valence-electron chi connectivity index (χ0n) is 6.91. The minimum absolute atomic E-state index is 0.578. The number of H-pyrrole nitrogens is 1. The van der Waals surface area contributed by atoms with Crippen molar-refractivity contribution in [3.63, 3.8) is 0 Å². The standard InChI is InChI=1S/C10H8N2S/c13-7-1-2-8-3-5-11-10-9(8)4-6-12-10/h3-6,13H,7H2,(H,11,12). The summed E-state index contributed by atoms with van der Waals surface area (Å²) in [6, 6.07) is 3.89. The first kappa shape index (κ1) is 8.21. The van der Waals surface area contributed by atoms with E-state index in [-0.39, 0.29) is 0 Å². The van der Waals surface area contributed by atoms with E-state index >= 15 is 0 Å². The molecular weight excluding hydrogens is 180 g/mol. The predicted molar refractivity (Wildman–Crippen MR) is 56.8 cm³/mol. The largest absolute Gasteiger partial charge is 0.346 e. The first-order chi connectivity index (χ1) is 6.42. The lowest BCUT2D eigenvalue weighted by Gasteiger charge is -1.91. The average Bonchev–Trinajstić information content (AvgIpc) is 2.62. The van der Waals surface area contributed by atoms with Crippen molar-refractivity contribution < 1.29 is 0 Å². The highest BCUT2D eigenvalue weighted by Crippen LogP contribution is 2.13. The molecule has 64 valence electrons. The van der Waals surface area contributed by atoms with Crippen LogP contribution in [0.3, 0.4) is 0 Å². The molecule has 0 spiro atoms. The molecule has 3 heteroatoms. The van der Waals surface area contributed by atoms with Gasteiger partial charge >= 0.3 is 0 Å². The third-order valence-corrected chi connectivity index (χ3v) is 1.92. The van der Waals surface area contributed by atoms with Crippen LogP contribution in [0.25, 0.3) is 11.0 Å². The Bertz CT molecular complexity index is 476. The molecule has 0 bridgehead atoms. The third-order valence-electron chi connectivity index (χ3n) is 1.76. The zero-order valence-corrected chi connectivity index (χ0v) is 7.81. The van der Waals surface area contributed by atoms with E-state index in [4.69, 9.17) is 0 Å². The van der Waals surface area contributed by atoms with Crippen LogP contribution in [0.5, 0.6) is 0 Å². The van der Waals surface area contributed by atoms with Gasteiger partial charge in [-0.25, -0.2) is 4.98 Å². The molecule has 2 heterocycles. The van der Waals surface area contributed by atoms with Crippen LogP contribution < -0.4 is 0 Å². The van der Waals surface area contributed by atoms with Crippen molar-refractivity contribution in [1.29, 1.82) is 0 Å². The van der Waals surface area contributed by atoms with Crippen LogP contribution >= 0.6 is 12.6 Å². The monoisotopic (exact) mass is 188 g/mol. The number of nitrogens with zero attached hydrogens (tertiary/aromatic N) is 1. The van der Waals surface area contributed by atoms with Gasteiger partial charge in [0.05, 0.1) is 5.75 Å². The normalized spacial score (nSPS) is 9.62. The summed E-state index contributed by atoms with van der Waals surface area (Å²) in [5.74, 6) is 6.53. The van der Waals surface area contributed by atoms with E-state index in [0.717, 1.165) is 16.6 Å². The van der Waals surface area contributed by atoms with Crippen molar-refractivity contribution in [2.24, 2.45) is 0 Å². The van der Waals surface area contributed by atoms with Crippen LogP contribution in [0.2, 0.25) is 0 Å². The maximum Gasteiger partial charge on any atom is 0.138 e. The molecule has 0 atom stereocenters. The van der Waals surface area contributed by atoms with Crippen LogP contribution in [0.4, 0.5) is 0 Å². The fraction of sp³-hybridized carbons (Fsp3) is 0.100. The summed E-state index contributed by atoms with van der Waals surface area (Å²) in [7, 11) is 0. The highest BCUT2D eigenvalue weighted by molar-refractivity contribution is 7.80. The lowest BCUT2D eigenvalue weighted by molar-refractivity contribution is 1.32. The third kappa shape index (κ3) is 1.53. The molecule has 0 fully saturated rings. The number of thiol groups is 1. The average molecular weight is 188 g/mol. The second kappa shape index (κ2) is 3.55. The molecule has 0 saturated carbocycles. The summed E-state index contributed by atoms with van der Waals surface area (Å²) < 4.78 is 0. The molecule has 0 saturated heterocycles. The quantitative estimate of drug-likeness (QED) is 0.479. The molecule has 2 aromatic heterocycles. The van der Waals surface area contributed by atoms with Crippen LogP contribution in [0.1, 0.15) is 5.56 Å². The van der Waals surface area contributed by atoms with Gasteiger partial charge in [0.15, 0.2) is 0 Å². The number of aromatic nitrogens is 2. The van der Waals surface area contributed by atoms with Gasteiger partial charge in [-0.2, -0.15) is 12.6 Å². The van der Waals surface area contributed by atoms with Crippen LogP contribution in [-0.2, 0) is 0 Å². The van der Waals surface area contributed by atoms with Crippen LogP contribution in [-0.4, -0.2) is 15.7 Å². The molecule has 0 aliphatic carbocycles. The van der Waals surface area contributed by atoms with Crippen molar-refractivity contribution in [1.82, 2.24) is 9.97 Å². The molecule has 0 aliphatic rings. The molecular formula is C10H8N2S. The van der Waals surface area contributed by atoms with Crippen molar-refractivity contribution in [2.75, 3.05) is 5.75 Å². The van der Waals surface area contributed by atoms with Crippen molar-refractivity contribution in [2.45, 2.75) is 0 Å². The van der Waals surface area contributed by atoms with Crippen LogP contribution in [0, 0.1) is 11.8 Å². The van der Waals surface area contributed by atoms with Gasteiger partial charge in [-0.1, -0.05) is 11.8 Å². The second-order valence-corrected chi connectivity index (χ2v) is 2.87. The number of nitrogens with one attached hydrogen (secondary N) is 1. The summed E-state index contributed by atoms with van der Waals surface area (Å²) in [5, 5.41) is 1.07. The van der Waals surface area contributed by atoms with E-state index in [1.165, 1.54) is 0 Å². The Morgan fingerprint density at radius 2 is 2.38 bits per heavy atom. The number of pyridine rings is 1. The first-order valence-electron chi connectivity index (χ1n) is 3.93. The smallest absolute Gasteiger partial charge is 0.138 e. The highest BCUT2D eigenvalue weighted by Gasteiger charge is 1.98. The summed E-state index contributed by atoms with van der Waals surface area (Å²) in [5.41, 5.74) is 1.88. The number of rotatable bonds is 0. The van der Waals surface area contributed by atoms with Gasteiger partial charge in [0, 0.05) is 23.3 Å². The maximum atomic E-state index is 4.17. The summed E-state index contributed by atoms with van der Waals surface area (Å²) >= 11 is 4.03. The van der Waals surface area contributed by atoms with E-state index in [1.54, 1.807) is 6.20 Å². The van der Waals surface area contributed by atoms with Crippen molar-refractivity contribution >= 4 is 23.7 Å². The molecule has 13 heavy (non-hydrogen) atoms. The van der Waals surface area contributed by atoms with Crippen molar-refractivity contribution in [3.8, 4) is 11.8 Å². The molecule has 2 aromatic rings. The lowest BCUT2D eigenvalue weighted by atomic mass is 10.2. The predicted octanol–water partition coefficient (Wildman–Crippen LogP) is 1.84. The molecule has 2 nitrogen and oxygen atoms in total. The molecule has 1 N–H and O–H groups in total. The van der Waals surface area contributed by atoms with E-state index in [1.807, 2.05) is 18.3 Å². The lowest BCUT2D eigenvalue weighted by Crippen LogP contribution is -1.80. The van der Waals surface area contributed by atoms with Crippen molar-refractivity contribution in [3.05, 3.63) is 30.1 Å². The Hall–Kier alpha value is -1.40. The summed E-state index contributed by atoms with van der Waals surface area (Å²) in [6.07, 6.45) is 3.62. The molecule has 0 amide bonds. The number of hydrogen-bond donors (Lipinski definition) is 2. The molecule has 0 unspecified atom stereocenters. The molecule has 2 rings (SSSR count). The minimum Gasteiger partial charge on any atom is -0.346 e. The number of aromatic amines is 1. The fourth-order valence-corrected chi connectivity index (χ4v) is 1.28. The molecule has 0 radical (unpaired) electrons. The Balaban J connectivity index is 2.61. The van der Waals surface area contributed by atoms with Gasteiger partial charge in [0.1, 0.15) is 5.65 Å².